The molecule has 0 atom stereocenters. The molecule has 0 aliphatic heterocycles. The monoisotopic (exact) mass is 287 g/mol. The van der Waals surface area contributed by atoms with Crippen molar-refractivity contribution in [3.8, 4) is 0 Å². The van der Waals surface area contributed by atoms with E-state index < -0.39 is 26.6 Å². The molecule has 19 heavy (non-hydrogen) atoms. The summed E-state index contributed by atoms with van der Waals surface area (Å²) in [5.74, 6) is -1.98. The van der Waals surface area contributed by atoms with E-state index >= 15 is 0 Å². The fourth-order valence-electron chi connectivity index (χ4n) is 1.59. The molecule has 0 aliphatic carbocycles. The maximum absolute atomic E-state index is 13.5. The quantitative estimate of drug-likeness (QED) is 0.936. The minimum Gasteiger partial charge on any atom is -0.276 e. The highest BCUT2D eigenvalue weighted by Gasteiger charge is 2.21. The molecule has 1 aromatic carbocycles. The van der Waals surface area contributed by atoms with Crippen molar-refractivity contribution in [1.82, 2.24) is 9.78 Å². The van der Waals surface area contributed by atoms with Crippen LogP contribution in [0.3, 0.4) is 0 Å². The van der Waals surface area contributed by atoms with Crippen molar-refractivity contribution in [2.24, 2.45) is 7.05 Å². The summed E-state index contributed by atoms with van der Waals surface area (Å²) in [5.41, 5.74) is 0.694. The van der Waals surface area contributed by atoms with Crippen LogP contribution in [0, 0.1) is 18.6 Å². The van der Waals surface area contributed by atoms with Gasteiger partial charge in [-0.05, 0) is 19.1 Å². The highest BCUT2D eigenvalue weighted by atomic mass is 32.2. The number of rotatable bonds is 3. The smallest absolute Gasteiger partial charge is 0.264 e. The van der Waals surface area contributed by atoms with Gasteiger partial charge in [-0.25, -0.2) is 17.2 Å². The molecule has 0 amide bonds. The fraction of sp³-hybridized carbons (Fsp3) is 0.182. The zero-order valence-electron chi connectivity index (χ0n) is 10.2. The van der Waals surface area contributed by atoms with Crippen LogP contribution in [-0.2, 0) is 17.1 Å². The average molecular weight is 287 g/mol. The average Bonchev–Trinajstić information content (AvgIpc) is 2.55. The Balaban J connectivity index is 2.40. The number of nitrogens with one attached hydrogen (secondary N) is 1. The van der Waals surface area contributed by atoms with E-state index in [1.54, 1.807) is 14.0 Å². The van der Waals surface area contributed by atoms with E-state index in [2.05, 4.69) is 9.82 Å². The number of halogens is 2. The second-order valence-electron chi connectivity index (χ2n) is 3.98. The first kappa shape index (κ1) is 13.5. The number of hydrogen-bond acceptors (Lipinski definition) is 3. The van der Waals surface area contributed by atoms with E-state index in [4.69, 9.17) is 0 Å². The summed E-state index contributed by atoms with van der Waals surface area (Å²) in [7, 11) is -2.49. The molecule has 0 spiro atoms. The summed E-state index contributed by atoms with van der Waals surface area (Å²) in [6.07, 6.45) is 1.45. The third kappa shape index (κ3) is 2.73. The number of aryl methyl sites for hydroxylation is 2. The van der Waals surface area contributed by atoms with Crippen molar-refractivity contribution >= 4 is 15.7 Å². The summed E-state index contributed by atoms with van der Waals surface area (Å²) >= 11 is 0. The Labute approximate surface area is 108 Å². The maximum Gasteiger partial charge on any atom is 0.264 e. The first-order chi connectivity index (χ1) is 8.79. The summed E-state index contributed by atoms with van der Waals surface area (Å²) < 4.78 is 53.8. The number of sulfonamides is 1. The van der Waals surface area contributed by atoms with Crippen molar-refractivity contribution in [3.63, 3.8) is 0 Å². The number of nitrogens with zero attached hydrogens (tertiary/aromatic N) is 2. The standard InChI is InChI=1S/C11H11F2N3O2S/c1-7-10(6-16(2)14-7)15-19(17,18)11-4-3-8(12)5-9(11)13/h3-6,15H,1-2H3. The van der Waals surface area contributed by atoms with E-state index in [1.165, 1.54) is 10.9 Å². The second-order valence-corrected chi connectivity index (χ2v) is 5.63. The van der Waals surface area contributed by atoms with Gasteiger partial charge in [0.1, 0.15) is 16.5 Å². The molecule has 2 rings (SSSR count). The van der Waals surface area contributed by atoms with Gasteiger partial charge >= 0.3 is 0 Å². The summed E-state index contributed by atoms with van der Waals surface area (Å²) in [5, 5.41) is 3.96. The topological polar surface area (TPSA) is 64.0 Å². The maximum atomic E-state index is 13.5. The summed E-state index contributed by atoms with van der Waals surface area (Å²) in [6, 6.07) is 2.27. The van der Waals surface area contributed by atoms with Gasteiger partial charge in [-0.2, -0.15) is 5.10 Å². The molecule has 2 aromatic rings. The molecule has 0 saturated carbocycles. The van der Waals surface area contributed by atoms with Crippen LogP contribution in [0.4, 0.5) is 14.5 Å². The van der Waals surface area contributed by atoms with E-state index in [1.807, 2.05) is 0 Å². The minimum absolute atomic E-state index is 0.242. The minimum atomic E-state index is -4.11. The number of benzene rings is 1. The van der Waals surface area contributed by atoms with E-state index in [9.17, 15) is 17.2 Å². The van der Waals surface area contributed by atoms with E-state index in [0.717, 1.165) is 12.1 Å². The number of anilines is 1. The van der Waals surface area contributed by atoms with Crippen molar-refractivity contribution in [2.75, 3.05) is 4.72 Å². The Morgan fingerprint density at radius 1 is 1.32 bits per heavy atom. The largest absolute Gasteiger partial charge is 0.276 e. The molecule has 8 heteroatoms. The Morgan fingerprint density at radius 2 is 2.00 bits per heavy atom. The molecular weight excluding hydrogens is 276 g/mol. The predicted octanol–water partition coefficient (Wildman–Crippen LogP) is 1.81. The lowest BCUT2D eigenvalue weighted by atomic mass is 10.3. The van der Waals surface area contributed by atoms with E-state index in [-0.39, 0.29) is 5.69 Å². The third-order valence-electron chi connectivity index (χ3n) is 2.44. The van der Waals surface area contributed by atoms with Gasteiger partial charge in [-0.15, -0.1) is 0 Å². The second kappa shape index (κ2) is 4.61. The van der Waals surface area contributed by atoms with Gasteiger partial charge < -0.3 is 0 Å². The third-order valence-corrected chi connectivity index (χ3v) is 3.84. The Hall–Kier alpha value is -1.96. The number of hydrogen-bond donors (Lipinski definition) is 1. The molecule has 0 unspecified atom stereocenters. The van der Waals surface area contributed by atoms with Gasteiger partial charge in [0.05, 0.1) is 11.4 Å². The summed E-state index contributed by atoms with van der Waals surface area (Å²) in [6.45, 7) is 1.61. The molecule has 1 aromatic heterocycles. The van der Waals surface area contributed by atoms with Crippen LogP contribution in [-0.4, -0.2) is 18.2 Å². The van der Waals surface area contributed by atoms with Gasteiger partial charge in [0.2, 0.25) is 0 Å². The fourth-order valence-corrected chi connectivity index (χ4v) is 2.76. The highest BCUT2D eigenvalue weighted by molar-refractivity contribution is 7.92. The molecule has 102 valence electrons. The molecule has 0 aliphatic rings. The lowest BCUT2D eigenvalue weighted by Crippen LogP contribution is -2.15. The van der Waals surface area contributed by atoms with Gasteiger partial charge in [-0.1, -0.05) is 0 Å². The summed E-state index contributed by atoms with van der Waals surface area (Å²) in [4.78, 5) is -0.614. The van der Waals surface area contributed by atoms with Crippen LogP contribution in [0.25, 0.3) is 0 Å². The molecule has 0 bridgehead atoms. The Kier molecular flexibility index (Phi) is 3.27. The highest BCUT2D eigenvalue weighted by Crippen LogP contribution is 2.21. The normalized spacial score (nSPS) is 11.6. The Morgan fingerprint density at radius 3 is 2.53 bits per heavy atom. The SMILES string of the molecule is Cc1nn(C)cc1NS(=O)(=O)c1ccc(F)cc1F. The molecule has 1 heterocycles. The van der Waals surface area contributed by atoms with Gasteiger partial charge in [0.25, 0.3) is 10.0 Å². The van der Waals surface area contributed by atoms with Gasteiger partial charge in [0.15, 0.2) is 0 Å². The number of aromatic nitrogens is 2. The first-order valence-corrected chi connectivity index (χ1v) is 6.76. The lowest BCUT2D eigenvalue weighted by Gasteiger charge is -2.07. The van der Waals surface area contributed by atoms with Crippen molar-refractivity contribution in [3.05, 3.63) is 41.7 Å². The molecule has 0 fully saturated rings. The molecule has 5 nitrogen and oxygen atoms in total. The van der Waals surface area contributed by atoms with E-state index in [0.29, 0.717) is 11.8 Å². The molecule has 1 N–H and O–H groups in total. The predicted molar refractivity (Wildman–Crippen MR) is 65.1 cm³/mol. The first-order valence-electron chi connectivity index (χ1n) is 5.28. The molecule has 0 saturated heterocycles. The zero-order chi connectivity index (χ0) is 14.2. The van der Waals surface area contributed by atoms with Crippen LogP contribution in [0.1, 0.15) is 5.69 Å². The van der Waals surface area contributed by atoms with Crippen LogP contribution >= 0.6 is 0 Å². The van der Waals surface area contributed by atoms with Crippen LogP contribution in [0.15, 0.2) is 29.3 Å². The van der Waals surface area contributed by atoms with Gasteiger partial charge in [-0.3, -0.25) is 9.40 Å². The van der Waals surface area contributed by atoms with Crippen molar-refractivity contribution in [1.29, 1.82) is 0 Å². The molecule has 0 radical (unpaired) electrons. The van der Waals surface area contributed by atoms with Crippen molar-refractivity contribution in [2.45, 2.75) is 11.8 Å². The van der Waals surface area contributed by atoms with Crippen LogP contribution in [0.5, 0.6) is 0 Å². The van der Waals surface area contributed by atoms with Crippen LogP contribution < -0.4 is 4.72 Å². The van der Waals surface area contributed by atoms with Gasteiger partial charge in [0, 0.05) is 19.3 Å². The molecular formula is C11H11F2N3O2S. The van der Waals surface area contributed by atoms with Crippen LogP contribution in [0.2, 0.25) is 0 Å². The van der Waals surface area contributed by atoms with Crippen molar-refractivity contribution < 1.29 is 17.2 Å². The Bertz CT molecular complexity index is 726. The lowest BCUT2D eigenvalue weighted by molar-refractivity contribution is 0.551. The zero-order valence-corrected chi connectivity index (χ0v) is 11.0.